The molecule has 3 aliphatic carbocycles. The molecule has 0 amide bonds. The maximum atomic E-state index is 10.5. The zero-order valence-electron chi connectivity index (χ0n) is 17.8. The van der Waals surface area contributed by atoms with Gasteiger partial charge in [0.15, 0.2) is 6.29 Å². The smallest absolute Gasteiger partial charge is 0.157 e. The molecular weight excluding hydrogens is 362 g/mol. The fourth-order valence-electron chi connectivity index (χ4n) is 7.16. The van der Waals surface area contributed by atoms with E-state index in [9.17, 15) is 5.26 Å². The van der Waals surface area contributed by atoms with Gasteiger partial charge in [-0.15, -0.1) is 0 Å². The van der Waals surface area contributed by atoms with Crippen LogP contribution in [0.5, 0.6) is 5.75 Å². The Morgan fingerprint density at radius 1 is 1.14 bits per heavy atom. The molecule has 1 aromatic carbocycles. The molecule has 29 heavy (non-hydrogen) atoms. The molecule has 4 heteroatoms. The van der Waals surface area contributed by atoms with E-state index in [-0.39, 0.29) is 23.2 Å². The first-order valence-electron chi connectivity index (χ1n) is 11.5. The number of hydrogen-bond donors (Lipinski definition) is 0. The molecule has 156 valence electrons. The highest BCUT2D eigenvalue weighted by atomic mass is 16.7. The van der Waals surface area contributed by atoms with Gasteiger partial charge in [-0.1, -0.05) is 13.0 Å². The first kappa shape index (κ1) is 19.4. The molecule has 6 atom stereocenters. The van der Waals surface area contributed by atoms with E-state index in [1.165, 1.54) is 17.5 Å². The van der Waals surface area contributed by atoms with Crippen molar-refractivity contribution in [3.63, 3.8) is 0 Å². The molecule has 0 radical (unpaired) electrons. The Balaban J connectivity index is 1.44. The molecule has 0 N–H and O–H groups in total. The van der Waals surface area contributed by atoms with Crippen LogP contribution in [0.4, 0.5) is 0 Å². The zero-order valence-corrected chi connectivity index (χ0v) is 17.8. The standard InChI is InChI=1S/C25H33NO3/c1-24-12-11-20-19-7-6-18(27-2)15-17(19)10-13-25(20,16-26)21(24)8-9-22(24)29-23-5-3-4-14-28-23/h6-7,15,20-23H,3-5,8-14H2,1-2H3/t20?,21?,22-,23?,24-,25-/m0/s1. The molecular formula is C25H33NO3. The van der Waals surface area contributed by atoms with E-state index in [4.69, 9.17) is 14.2 Å². The molecule has 3 fully saturated rings. The van der Waals surface area contributed by atoms with Gasteiger partial charge in [0.2, 0.25) is 0 Å². The van der Waals surface area contributed by atoms with E-state index < -0.39 is 0 Å². The number of nitrogens with zero attached hydrogens (tertiary/aromatic N) is 1. The van der Waals surface area contributed by atoms with E-state index in [0.29, 0.717) is 11.8 Å². The average molecular weight is 396 g/mol. The Morgan fingerprint density at radius 2 is 2.03 bits per heavy atom. The van der Waals surface area contributed by atoms with Crippen LogP contribution < -0.4 is 4.74 Å². The van der Waals surface area contributed by atoms with Gasteiger partial charge >= 0.3 is 0 Å². The fraction of sp³-hybridized carbons (Fsp3) is 0.720. The van der Waals surface area contributed by atoms with E-state index in [0.717, 1.165) is 63.7 Å². The largest absolute Gasteiger partial charge is 0.497 e. The minimum atomic E-state index is -0.264. The van der Waals surface area contributed by atoms with Gasteiger partial charge in [0.05, 0.1) is 24.7 Å². The Kier molecular flexibility index (Phi) is 4.87. The van der Waals surface area contributed by atoms with Gasteiger partial charge in [0, 0.05) is 12.5 Å². The molecule has 4 nitrogen and oxygen atoms in total. The van der Waals surface area contributed by atoms with E-state index >= 15 is 0 Å². The monoisotopic (exact) mass is 395 g/mol. The number of fused-ring (bicyclic) bond motifs is 5. The lowest BCUT2D eigenvalue weighted by Crippen LogP contribution is -2.51. The number of ether oxygens (including phenoxy) is 3. The van der Waals surface area contributed by atoms with Gasteiger partial charge < -0.3 is 14.2 Å². The number of nitriles is 1. The van der Waals surface area contributed by atoms with Crippen LogP contribution >= 0.6 is 0 Å². The summed E-state index contributed by atoms with van der Waals surface area (Å²) < 4.78 is 17.9. The predicted molar refractivity (Wildman–Crippen MR) is 111 cm³/mol. The Hall–Kier alpha value is -1.57. The van der Waals surface area contributed by atoms with Gasteiger partial charge in [-0.05, 0) is 92.4 Å². The molecule has 0 spiro atoms. The lowest BCUT2D eigenvalue weighted by molar-refractivity contribution is -0.215. The van der Waals surface area contributed by atoms with Crippen molar-refractivity contribution >= 4 is 0 Å². The predicted octanol–water partition coefficient (Wildman–Crippen LogP) is 5.36. The molecule has 0 aromatic heterocycles. The van der Waals surface area contributed by atoms with Crippen LogP contribution in [0.1, 0.15) is 75.3 Å². The summed E-state index contributed by atoms with van der Waals surface area (Å²) in [6.45, 7) is 3.22. The lowest BCUT2D eigenvalue weighted by Gasteiger charge is -2.55. The first-order chi connectivity index (χ1) is 14.1. The van der Waals surface area contributed by atoms with Gasteiger partial charge in [-0.2, -0.15) is 5.26 Å². The van der Waals surface area contributed by atoms with Gasteiger partial charge in [0.25, 0.3) is 0 Å². The molecule has 1 aromatic rings. The van der Waals surface area contributed by atoms with Gasteiger partial charge in [0.1, 0.15) is 5.75 Å². The second kappa shape index (κ2) is 7.29. The van der Waals surface area contributed by atoms with Gasteiger partial charge in [-0.3, -0.25) is 0 Å². The molecule has 3 unspecified atom stereocenters. The zero-order chi connectivity index (χ0) is 20.1. The maximum Gasteiger partial charge on any atom is 0.157 e. The summed E-state index contributed by atoms with van der Waals surface area (Å²) in [6.07, 6.45) is 9.84. The summed E-state index contributed by atoms with van der Waals surface area (Å²) in [5, 5.41) is 10.5. The van der Waals surface area contributed by atoms with Crippen LogP contribution in [0.3, 0.4) is 0 Å². The van der Waals surface area contributed by atoms with Crippen LogP contribution in [0, 0.1) is 28.1 Å². The summed E-state index contributed by atoms with van der Waals surface area (Å²) in [5.41, 5.74) is 2.59. The van der Waals surface area contributed by atoms with Crippen molar-refractivity contribution in [1.82, 2.24) is 0 Å². The molecule has 1 heterocycles. The minimum absolute atomic E-state index is 0.0420. The summed E-state index contributed by atoms with van der Waals surface area (Å²) in [6, 6.07) is 9.38. The third kappa shape index (κ3) is 2.93. The van der Waals surface area contributed by atoms with Gasteiger partial charge in [-0.25, -0.2) is 0 Å². The molecule has 5 rings (SSSR count). The fourth-order valence-corrected chi connectivity index (χ4v) is 7.16. The Labute approximate surface area is 174 Å². The number of hydrogen-bond acceptors (Lipinski definition) is 4. The number of rotatable bonds is 3. The third-order valence-electron chi connectivity index (χ3n) is 8.66. The second-order valence-corrected chi connectivity index (χ2v) is 9.86. The number of methoxy groups -OCH3 is 1. The first-order valence-corrected chi connectivity index (χ1v) is 11.5. The van der Waals surface area contributed by atoms with E-state index in [1.807, 2.05) is 0 Å². The average Bonchev–Trinajstić information content (AvgIpc) is 3.10. The molecule has 4 aliphatic rings. The van der Waals surface area contributed by atoms with Crippen molar-refractivity contribution < 1.29 is 14.2 Å². The van der Waals surface area contributed by atoms with Crippen LogP contribution in [-0.2, 0) is 15.9 Å². The lowest BCUT2D eigenvalue weighted by atomic mass is 9.48. The maximum absolute atomic E-state index is 10.5. The number of benzene rings is 1. The Bertz CT molecular complexity index is 811. The Morgan fingerprint density at radius 3 is 2.79 bits per heavy atom. The molecule has 0 bridgehead atoms. The van der Waals surface area contributed by atoms with Crippen molar-refractivity contribution in [3.8, 4) is 11.8 Å². The number of aryl methyl sites for hydroxylation is 1. The van der Waals surface area contributed by atoms with Crippen molar-refractivity contribution in [1.29, 1.82) is 5.26 Å². The highest BCUT2D eigenvalue weighted by Gasteiger charge is 2.63. The summed E-state index contributed by atoms with van der Waals surface area (Å²) in [4.78, 5) is 0. The van der Waals surface area contributed by atoms with Crippen LogP contribution in [0.2, 0.25) is 0 Å². The normalized spacial score (nSPS) is 41.0. The molecule has 1 saturated heterocycles. The molecule has 1 aliphatic heterocycles. The van der Waals surface area contributed by atoms with Crippen molar-refractivity contribution in [2.75, 3.05) is 13.7 Å². The van der Waals surface area contributed by atoms with Crippen molar-refractivity contribution in [2.45, 2.75) is 83.0 Å². The second-order valence-electron chi connectivity index (χ2n) is 9.86. The highest BCUT2D eigenvalue weighted by Crippen LogP contribution is 2.67. The quantitative estimate of drug-likeness (QED) is 0.692. The van der Waals surface area contributed by atoms with Crippen LogP contribution in [-0.4, -0.2) is 26.1 Å². The topological polar surface area (TPSA) is 51.5 Å². The minimum Gasteiger partial charge on any atom is -0.497 e. The van der Waals surface area contributed by atoms with Crippen LogP contribution in [0.15, 0.2) is 18.2 Å². The highest BCUT2D eigenvalue weighted by molar-refractivity contribution is 5.43. The summed E-state index contributed by atoms with van der Waals surface area (Å²) in [7, 11) is 1.73. The van der Waals surface area contributed by atoms with Crippen molar-refractivity contribution in [2.24, 2.45) is 16.7 Å². The van der Waals surface area contributed by atoms with E-state index in [1.54, 1.807) is 7.11 Å². The molecule has 2 saturated carbocycles. The van der Waals surface area contributed by atoms with E-state index in [2.05, 4.69) is 31.2 Å². The SMILES string of the molecule is COc1ccc2c(c1)CC[C@]1(C#N)C2CC[C@@]2(C)C1CC[C@@H]2OC1CCCCO1. The third-order valence-corrected chi connectivity index (χ3v) is 8.66. The summed E-state index contributed by atoms with van der Waals surface area (Å²) in [5.74, 6) is 1.67. The van der Waals surface area contributed by atoms with Crippen LogP contribution in [0.25, 0.3) is 0 Å². The summed E-state index contributed by atoms with van der Waals surface area (Å²) >= 11 is 0. The van der Waals surface area contributed by atoms with Crippen molar-refractivity contribution in [3.05, 3.63) is 29.3 Å².